The summed E-state index contributed by atoms with van der Waals surface area (Å²) in [6.07, 6.45) is 4.02. The molecule has 0 fully saturated rings. The lowest BCUT2D eigenvalue weighted by molar-refractivity contribution is -0.131. The number of fused-ring (bicyclic) bond motifs is 8. The zero-order valence-corrected chi connectivity index (χ0v) is 81.0. The van der Waals surface area contributed by atoms with Gasteiger partial charge >= 0.3 is 52.0 Å². The lowest BCUT2D eigenvalue weighted by Gasteiger charge is -2.06. The van der Waals surface area contributed by atoms with Gasteiger partial charge in [0.2, 0.25) is 11.6 Å². The fraction of sp³-hybridized carbons (Fsp3) is 0.124. The maximum Gasteiger partial charge on any atom is 0.420 e. The number of aromatic nitrogens is 8. The van der Waals surface area contributed by atoms with Gasteiger partial charge in [-0.1, -0.05) is 97.1 Å². The molecule has 0 spiro atoms. The van der Waals surface area contributed by atoms with Crippen LogP contribution >= 0.6 is 0 Å². The maximum atomic E-state index is 13.2. The molecule has 0 unspecified atom stereocenters. The number of oxazole rings is 8. The molecule has 0 saturated heterocycles. The fourth-order valence-electron chi connectivity index (χ4n) is 16.2. The molecule has 0 bridgehead atoms. The number of aromatic hydroxyl groups is 7. The fourth-order valence-corrected chi connectivity index (χ4v) is 16.2. The summed E-state index contributed by atoms with van der Waals surface area (Å²) in [7, 11) is 1.63. The molecular formula is C113H93FN8O28. The highest BCUT2D eigenvalue weighted by atomic mass is 19.1. The zero-order valence-electron chi connectivity index (χ0n) is 81.0. The largest absolute Gasteiger partial charge is 0.508 e. The van der Waals surface area contributed by atoms with Crippen molar-refractivity contribution >= 4 is 106 Å². The van der Waals surface area contributed by atoms with E-state index in [4.69, 9.17) is 45.2 Å². The summed E-state index contributed by atoms with van der Waals surface area (Å²) in [4.78, 5) is 130. The van der Waals surface area contributed by atoms with Crippen molar-refractivity contribution in [3.8, 4) is 46.0 Å². The van der Waals surface area contributed by atoms with Crippen molar-refractivity contribution in [1.29, 1.82) is 0 Å². The van der Waals surface area contributed by atoms with E-state index in [2.05, 4.69) is 4.98 Å². The van der Waals surface area contributed by atoms with Crippen LogP contribution in [0.25, 0.3) is 88.8 Å². The number of nitrogens with zero attached hydrogens (tertiary/aromatic N) is 7. The summed E-state index contributed by atoms with van der Waals surface area (Å²) < 4.78 is 69.6. The number of nitrogens with one attached hydrogen (secondary N) is 1. The Balaban J connectivity index is 0.000000123. The van der Waals surface area contributed by atoms with E-state index < -0.39 is 57.9 Å². The number of hydrogen-bond acceptors (Lipinski definition) is 27. The first-order chi connectivity index (χ1) is 71.9. The number of rotatable bonds is 16. The van der Waals surface area contributed by atoms with Crippen LogP contribution in [0.3, 0.4) is 0 Å². The van der Waals surface area contributed by atoms with E-state index in [1.54, 1.807) is 107 Å². The number of aryl methyl sites for hydroxylation is 6. The normalized spacial score (nSPS) is 11.5. The highest BCUT2D eigenvalue weighted by Crippen LogP contribution is 2.31. The van der Waals surface area contributed by atoms with E-state index >= 15 is 0 Å². The number of ether oxygens (including phenoxy) is 1. The molecule has 0 amide bonds. The van der Waals surface area contributed by atoms with Gasteiger partial charge in [-0.3, -0.25) is 46.5 Å². The van der Waals surface area contributed by atoms with E-state index in [0.717, 1.165) is 72.4 Å². The van der Waals surface area contributed by atoms with Crippen LogP contribution in [-0.2, 0) is 55.4 Å². The third-order valence-corrected chi connectivity index (χ3v) is 23.6. The van der Waals surface area contributed by atoms with Crippen LogP contribution in [0.1, 0.15) is 77.1 Å². The second-order valence-electron chi connectivity index (χ2n) is 34.9. The Morgan fingerprint density at radius 3 is 1.10 bits per heavy atom. The van der Waals surface area contributed by atoms with Gasteiger partial charge in [0.15, 0.2) is 56.2 Å². The maximum absolute atomic E-state index is 13.2. The topological polar surface area (TPSA) is 514 Å². The Bertz CT molecular complexity index is 9510. The van der Waals surface area contributed by atoms with Gasteiger partial charge in [-0.15, -0.1) is 0 Å². The average Bonchev–Trinajstić information content (AvgIpc) is 1.74. The van der Waals surface area contributed by atoms with Crippen molar-refractivity contribution in [3.63, 3.8) is 0 Å². The van der Waals surface area contributed by atoms with Crippen molar-refractivity contribution in [2.75, 3.05) is 7.11 Å². The number of phenolic OH excluding ortho intramolecular Hbond substituents is 7. The minimum atomic E-state index is -1.07. The molecule has 8 heterocycles. The summed E-state index contributed by atoms with van der Waals surface area (Å²) in [6, 6.07) is 77.7. The lowest BCUT2D eigenvalue weighted by Crippen LogP contribution is -2.18. The van der Waals surface area contributed by atoms with E-state index in [0.29, 0.717) is 108 Å². The molecular weight excluding hydrogens is 1940 g/mol. The first kappa shape index (κ1) is 103. The summed E-state index contributed by atoms with van der Waals surface area (Å²) in [6.45, 7) is 13.5. The van der Waals surface area contributed by atoms with Crippen LogP contribution in [0.5, 0.6) is 46.0 Å². The van der Waals surface area contributed by atoms with Crippen molar-refractivity contribution in [2.24, 2.45) is 0 Å². The van der Waals surface area contributed by atoms with E-state index in [9.17, 15) is 92.9 Å². The number of carboxylic acids is 1. The molecule has 9 N–H and O–H groups in total. The number of carbonyl (C=O) groups excluding carboxylic acids is 2. The van der Waals surface area contributed by atoms with Gasteiger partial charge in [-0.2, -0.15) is 0 Å². The summed E-state index contributed by atoms with van der Waals surface area (Å²) >= 11 is 0. The van der Waals surface area contributed by atoms with Gasteiger partial charge in [0.25, 0.3) is 0 Å². The lowest BCUT2D eigenvalue weighted by atomic mass is 10.1. The van der Waals surface area contributed by atoms with Gasteiger partial charge in [0.1, 0.15) is 40.3 Å². The molecule has 0 aliphatic heterocycles. The van der Waals surface area contributed by atoms with Crippen LogP contribution in [0.4, 0.5) is 4.39 Å². The number of benzene rings is 14. The van der Waals surface area contributed by atoms with Crippen LogP contribution in [0.15, 0.2) is 377 Å². The molecule has 8 aromatic heterocycles. The number of H-pyrrole nitrogens is 1. The van der Waals surface area contributed by atoms with Gasteiger partial charge in [-0.25, -0.2) is 47.5 Å². The highest BCUT2D eigenvalue weighted by Gasteiger charge is 2.22. The Morgan fingerprint density at radius 1 is 0.300 bits per heavy atom. The number of aromatic amines is 1. The molecule has 0 atom stereocenters. The SMILES string of the molecule is COc1cccc(Cn2c(=O)oc3ccc(C)cc32)c1.Cc1ccc2c(c1)oc(=O)n2Cc1cccc(O)c1.Cc1ccc2oc(=O)[nH]c2c1.Cc1ccc2oc(=O)n(CC3=CC(=O)C(=O)C=C3)c2c1.Cc1ccc2oc(=O)n(Cc3cc(O)ccc3O)c2c1.Cc1ccc2oc(=O)n(Cc3ccc(O)c(O)c3)c2c1.O=C(O)c1ccc2oc(=O)n(Cc3cccc(O)c3)c2c1.O=c1oc2ccc(F)cc2n1Cc1cccc(O)c1. The first-order valence-corrected chi connectivity index (χ1v) is 46.1. The quantitative estimate of drug-likeness (QED) is 0.0188. The van der Waals surface area contributed by atoms with Crippen LogP contribution in [-0.4, -0.2) is 102 Å². The number of ketones is 2. The Labute approximate surface area is 844 Å². The van der Waals surface area contributed by atoms with Crippen molar-refractivity contribution in [3.05, 3.63) is 465 Å². The summed E-state index contributed by atoms with van der Waals surface area (Å²) in [5.74, 6) is -5.45. The molecule has 0 saturated carbocycles. The Hall–Kier alpha value is -20.1. The molecule has 150 heavy (non-hydrogen) atoms. The number of carboxylic acid groups (broad SMARTS) is 1. The monoisotopic (exact) mass is 2030 g/mol. The van der Waals surface area contributed by atoms with Gasteiger partial charge in [-0.05, 0) is 302 Å². The van der Waals surface area contributed by atoms with Crippen LogP contribution in [0.2, 0.25) is 0 Å². The number of phenols is 7. The summed E-state index contributed by atoms with van der Waals surface area (Å²) in [5.41, 5.74) is 20.6. The molecule has 36 nitrogen and oxygen atoms in total. The second kappa shape index (κ2) is 44.8. The number of hydrogen-bond donors (Lipinski definition) is 9. The molecule has 0 radical (unpaired) electrons. The molecule has 23 rings (SSSR count). The molecule has 22 aromatic rings. The van der Waals surface area contributed by atoms with Gasteiger partial charge in [0.05, 0.1) is 103 Å². The van der Waals surface area contributed by atoms with E-state index in [-0.39, 0.29) is 90.0 Å². The Morgan fingerprint density at radius 2 is 0.660 bits per heavy atom. The van der Waals surface area contributed by atoms with Crippen LogP contribution < -0.4 is 50.8 Å². The third-order valence-electron chi connectivity index (χ3n) is 23.6. The standard InChI is InChI=1S/C16H15NO3.C15H11NO5.2C15H13NO4.C15H11NO4.C15H13NO3.C14H10FNO3.C8H7NO2/c1-11-6-7-15-14(8-11)17(16(18)20-15)10-12-4-3-5-13(9-12)19-2;17-11-3-1-2-9(6-11)8-16-12-7-10(14(18)19)4-5-13(12)21-15(16)20;1-9-2-5-14-12(6-9)16(15(19)20-14)8-10-7-11(17)3-4-13(10)18;2*1-9-2-5-14-11(6-9)16(15(19)20-14)8-10-3-4-12(17)13(18)7-10;1-10-5-6-13-14(7-10)19-15(18)16(13)9-11-3-2-4-12(17)8-11;15-10-4-5-13-12(7-10)16(14(18)19-13)8-9-2-1-3-11(17)6-9;1-5-2-3-7-6(4-5)9-8(10)11-7/h3-9H,10H2,1-2H3;1-7,17H,8H2,(H,18,19);2*2-7,17-18H,8H2,1H3;2-7H,8H2,1H3;2-8,17H,9H2,1H3;1-7,17H,8H2;2-4H,1H3,(H,9,10). The predicted molar refractivity (Wildman–Crippen MR) is 554 cm³/mol. The van der Waals surface area contributed by atoms with Crippen molar-refractivity contribution in [2.45, 2.75) is 87.4 Å². The zero-order chi connectivity index (χ0) is 107. The molecule has 14 aromatic carbocycles. The first-order valence-electron chi connectivity index (χ1n) is 46.1. The predicted octanol–water partition coefficient (Wildman–Crippen LogP) is 17.8. The van der Waals surface area contributed by atoms with E-state index in [1.807, 2.05) is 157 Å². The minimum Gasteiger partial charge on any atom is -0.508 e. The average molecular weight is 2030 g/mol. The number of aromatic carboxylic acids is 1. The van der Waals surface area contributed by atoms with Gasteiger partial charge in [0, 0.05) is 11.6 Å². The molecule has 1 aliphatic carbocycles. The number of carbonyl (C=O) groups is 3. The number of allylic oxidation sites excluding steroid dienone is 4. The summed E-state index contributed by atoms with van der Waals surface area (Å²) in [5, 5.41) is 75.4. The third kappa shape index (κ3) is 24.7. The number of halogens is 1. The molecule has 1 aliphatic rings. The number of methoxy groups -OCH3 is 1. The van der Waals surface area contributed by atoms with Gasteiger partial charge < -0.3 is 80.9 Å². The van der Waals surface area contributed by atoms with Crippen molar-refractivity contribution in [1.82, 2.24) is 37.0 Å². The van der Waals surface area contributed by atoms with Crippen molar-refractivity contribution < 1.29 is 99.7 Å². The molecule has 37 heteroatoms. The smallest absolute Gasteiger partial charge is 0.420 e. The Kier molecular flexibility index (Phi) is 30.7. The molecule has 760 valence electrons. The minimum absolute atomic E-state index is 0.0247. The second-order valence-corrected chi connectivity index (χ2v) is 34.9. The van der Waals surface area contributed by atoms with Crippen LogP contribution in [0, 0.1) is 47.4 Å². The van der Waals surface area contributed by atoms with E-state index in [1.165, 1.54) is 114 Å². The highest BCUT2D eigenvalue weighted by molar-refractivity contribution is 6.46.